The second-order valence-corrected chi connectivity index (χ2v) is 13.2. The van der Waals surface area contributed by atoms with E-state index in [0.717, 1.165) is 27.4 Å². The van der Waals surface area contributed by atoms with Crippen LogP contribution < -0.4 is 9.62 Å². The average molecular weight is 653 g/mol. The van der Waals surface area contributed by atoms with Crippen LogP contribution >= 0.6 is 23.2 Å². The summed E-state index contributed by atoms with van der Waals surface area (Å²) in [5.41, 5.74) is 2.94. The fourth-order valence-corrected chi connectivity index (χ4v) is 6.42. The molecule has 7 nitrogen and oxygen atoms in total. The molecule has 10 heteroatoms. The van der Waals surface area contributed by atoms with Crippen LogP contribution in [-0.4, -0.2) is 44.3 Å². The SMILES string of the molecule is CCCNC(=O)[C@H](Cc1ccccc1)N(Cc1ccc(C)cc1)C(=O)CN(c1cccc(Cl)c1)S(=O)(=O)c1ccc(Cl)cc1. The summed E-state index contributed by atoms with van der Waals surface area (Å²) in [4.78, 5) is 29.5. The third-order valence-electron chi connectivity index (χ3n) is 7.07. The molecule has 230 valence electrons. The van der Waals surface area contributed by atoms with Gasteiger partial charge >= 0.3 is 0 Å². The fraction of sp³-hybridized carbons (Fsp3) is 0.235. The van der Waals surface area contributed by atoms with E-state index in [2.05, 4.69) is 5.32 Å². The molecule has 1 N–H and O–H groups in total. The lowest BCUT2D eigenvalue weighted by Gasteiger charge is -2.34. The van der Waals surface area contributed by atoms with Gasteiger partial charge in [-0.25, -0.2) is 8.42 Å². The predicted octanol–water partition coefficient (Wildman–Crippen LogP) is 6.66. The smallest absolute Gasteiger partial charge is 0.264 e. The van der Waals surface area contributed by atoms with Crippen molar-refractivity contribution in [2.75, 3.05) is 17.4 Å². The van der Waals surface area contributed by atoms with E-state index in [4.69, 9.17) is 23.2 Å². The van der Waals surface area contributed by atoms with Crippen LogP contribution in [0.4, 0.5) is 5.69 Å². The Hall–Kier alpha value is -3.85. The molecule has 4 rings (SSSR count). The maximum atomic E-state index is 14.4. The van der Waals surface area contributed by atoms with E-state index in [-0.39, 0.29) is 29.5 Å². The molecule has 1 atom stereocenters. The third-order valence-corrected chi connectivity index (χ3v) is 9.35. The lowest BCUT2D eigenvalue weighted by Crippen LogP contribution is -2.53. The average Bonchev–Trinajstić information content (AvgIpc) is 3.01. The van der Waals surface area contributed by atoms with Crippen molar-refractivity contribution in [3.8, 4) is 0 Å². The van der Waals surface area contributed by atoms with E-state index >= 15 is 0 Å². The van der Waals surface area contributed by atoms with Crippen LogP contribution in [0.15, 0.2) is 108 Å². The molecular formula is C34H35Cl2N3O4S. The molecule has 0 bridgehead atoms. The Bertz CT molecular complexity index is 1670. The van der Waals surface area contributed by atoms with Gasteiger partial charge in [0.2, 0.25) is 11.8 Å². The van der Waals surface area contributed by atoms with Crippen LogP contribution in [0.3, 0.4) is 0 Å². The normalized spacial score (nSPS) is 11.9. The van der Waals surface area contributed by atoms with Gasteiger partial charge in [-0.3, -0.25) is 13.9 Å². The minimum atomic E-state index is -4.25. The first-order valence-corrected chi connectivity index (χ1v) is 16.5. The van der Waals surface area contributed by atoms with Crippen molar-refractivity contribution >= 4 is 50.7 Å². The zero-order valence-corrected chi connectivity index (χ0v) is 26.9. The van der Waals surface area contributed by atoms with Gasteiger partial charge in [0.1, 0.15) is 12.6 Å². The minimum absolute atomic E-state index is 0.0405. The first-order valence-electron chi connectivity index (χ1n) is 14.3. The Labute approximate surface area is 269 Å². The Morgan fingerprint density at radius 2 is 1.50 bits per heavy atom. The molecule has 0 fully saturated rings. The molecule has 0 spiro atoms. The summed E-state index contributed by atoms with van der Waals surface area (Å²) in [5.74, 6) is -0.860. The van der Waals surface area contributed by atoms with Gasteiger partial charge in [-0.05, 0) is 66.9 Å². The molecule has 0 heterocycles. The summed E-state index contributed by atoms with van der Waals surface area (Å²) in [6, 6.07) is 28.2. The first kappa shape index (κ1) is 33.1. The molecule has 0 saturated carbocycles. The lowest BCUT2D eigenvalue weighted by atomic mass is 10.0. The molecule has 4 aromatic rings. The number of hydrogen-bond donors (Lipinski definition) is 1. The number of carbonyl (C=O) groups excluding carboxylic acids is 2. The minimum Gasteiger partial charge on any atom is -0.354 e. The van der Waals surface area contributed by atoms with E-state index in [1.54, 1.807) is 18.2 Å². The maximum Gasteiger partial charge on any atom is 0.264 e. The van der Waals surface area contributed by atoms with Crippen molar-refractivity contribution in [1.29, 1.82) is 0 Å². The highest BCUT2D eigenvalue weighted by Gasteiger charge is 2.34. The highest BCUT2D eigenvalue weighted by molar-refractivity contribution is 7.92. The number of nitrogens with zero attached hydrogens (tertiary/aromatic N) is 2. The van der Waals surface area contributed by atoms with Gasteiger partial charge in [-0.2, -0.15) is 0 Å². The van der Waals surface area contributed by atoms with Gasteiger partial charge in [0.15, 0.2) is 0 Å². The Kier molecular flexibility index (Phi) is 11.4. The standard InChI is InChI=1S/C34H35Cl2N3O4S/c1-3-20-37-34(41)32(21-26-8-5-4-6-9-26)38(23-27-14-12-25(2)13-15-27)33(40)24-39(30-11-7-10-29(36)22-30)44(42,43)31-18-16-28(35)17-19-31/h4-19,22,32H,3,20-21,23-24H2,1-2H3,(H,37,41)/t32-/m0/s1. The molecule has 0 aliphatic heterocycles. The molecule has 0 unspecified atom stereocenters. The number of amides is 2. The molecular weight excluding hydrogens is 617 g/mol. The van der Waals surface area contributed by atoms with Crippen molar-refractivity contribution < 1.29 is 18.0 Å². The maximum absolute atomic E-state index is 14.4. The predicted molar refractivity (Wildman–Crippen MR) is 176 cm³/mol. The number of sulfonamides is 1. The molecule has 0 aliphatic carbocycles. The van der Waals surface area contributed by atoms with E-state index in [1.807, 2.05) is 68.4 Å². The van der Waals surface area contributed by atoms with Crippen LogP contribution in [0, 0.1) is 6.92 Å². The monoisotopic (exact) mass is 651 g/mol. The van der Waals surface area contributed by atoms with Crippen LogP contribution in [0.1, 0.15) is 30.0 Å². The van der Waals surface area contributed by atoms with E-state index in [1.165, 1.54) is 35.2 Å². The van der Waals surface area contributed by atoms with Gasteiger partial charge < -0.3 is 10.2 Å². The summed E-state index contributed by atoms with van der Waals surface area (Å²) in [5, 5.41) is 3.63. The largest absolute Gasteiger partial charge is 0.354 e. The molecule has 0 aromatic heterocycles. The Morgan fingerprint density at radius 3 is 2.14 bits per heavy atom. The van der Waals surface area contributed by atoms with Crippen molar-refractivity contribution in [3.05, 3.63) is 130 Å². The summed E-state index contributed by atoms with van der Waals surface area (Å²) in [6.45, 7) is 3.89. The molecule has 2 amide bonds. The molecule has 44 heavy (non-hydrogen) atoms. The summed E-state index contributed by atoms with van der Waals surface area (Å²) in [7, 11) is -4.25. The quantitative estimate of drug-likeness (QED) is 0.175. The van der Waals surface area contributed by atoms with Crippen molar-refractivity contribution in [2.45, 2.75) is 44.2 Å². The number of benzene rings is 4. The number of anilines is 1. The van der Waals surface area contributed by atoms with Crippen LogP contribution in [-0.2, 0) is 32.6 Å². The van der Waals surface area contributed by atoms with Crippen molar-refractivity contribution in [3.63, 3.8) is 0 Å². The van der Waals surface area contributed by atoms with Gasteiger partial charge in [0, 0.05) is 29.6 Å². The number of nitrogens with one attached hydrogen (secondary N) is 1. The van der Waals surface area contributed by atoms with E-state index < -0.39 is 28.5 Å². The summed E-state index contributed by atoms with van der Waals surface area (Å²) < 4.78 is 29.1. The molecule has 4 aromatic carbocycles. The van der Waals surface area contributed by atoms with E-state index in [0.29, 0.717) is 16.6 Å². The van der Waals surface area contributed by atoms with Crippen LogP contribution in [0.5, 0.6) is 0 Å². The Morgan fingerprint density at radius 1 is 0.818 bits per heavy atom. The van der Waals surface area contributed by atoms with Crippen LogP contribution in [0.2, 0.25) is 10.0 Å². The van der Waals surface area contributed by atoms with Gasteiger partial charge in [0.25, 0.3) is 10.0 Å². The van der Waals surface area contributed by atoms with Gasteiger partial charge in [-0.1, -0.05) is 96.4 Å². The summed E-state index contributed by atoms with van der Waals surface area (Å²) >= 11 is 12.3. The van der Waals surface area contributed by atoms with Crippen molar-refractivity contribution in [2.24, 2.45) is 0 Å². The zero-order chi connectivity index (χ0) is 31.7. The van der Waals surface area contributed by atoms with Gasteiger partial charge in [-0.15, -0.1) is 0 Å². The van der Waals surface area contributed by atoms with Gasteiger partial charge in [0.05, 0.1) is 10.6 Å². The lowest BCUT2D eigenvalue weighted by molar-refractivity contribution is -0.140. The zero-order valence-electron chi connectivity index (χ0n) is 24.6. The van der Waals surface area contributed by atoms with Crippen molar-refractivity contribution in [1.82, 2.24) is 10.2 Å². The molecule has 0 saturated heterocycles. The molecule has 0 radical (unpaired) electrons. The third kappa shape index (κ3) is 8.62. The highest BCUT2D eigenvalue weighted by atomic mass is 35.5. The Balaban J connectivity index is 1.79. The number of rotatable bonds is 13. The van der Waals surface area contributed by atoms with Crippen LogP contribution in [0.25, 0.3) is 0 Å². The second kappa shape index (κ2) is 15.2. The second-order valence-electron chi connectivity index (χ2n) is 10.4. The number of aryl methyl sites for hydroxylation is 1. The number of carbonyl (C=O) groups is 2. The first-order chi connectivity index (χ1) is 21.1. The topological polar surface area (TPSA) is 86.8 Å². The number of hydrogen-bond acceptors (Lipinski definition) is 4. The number of halogens is 2. The molecule has 0 aliphatic rings. The highest BCUT2D eigenvalue weighted by Crippen LogP contribution is 2.28. The fourth-order valence-electron chi connectivity index (χ4n) is 4.70. The summed E-state index contributed by atoms with van der Waals surface area (Å²) in [6.07, 6.45) is 0.965. The van der Waals surface area contributed by atoms with E-state index in [9.17, 15) is 18.0 Å².